The van der Waals surface area contributed by atoms with E-state index in [-0.39, 0.29) is 12.0 Å². The number of pyridine rings is 1. The van der Waals surface area contributed by atoms with Crippen LogP contribution >= 0.6 is 11.6 Å². The third-order valence-electron chi connectivity index (χ3n) is 2.49. The molecule has 0 saturated carbocycles. The van der Waals surface area contributed by atoms with Crippen LogP contribution in [-0.2, 0) is 4.74 Å². The highest BCUT2D eigenvalue weighted by Gasteiger charge is 2.07. The zero-order valence-corrected chi connectivity index (χ0v) is 12.5. The van der Waals surface area contributed by atoms with Crippen molar-refractivity contribution >= 4 is 17.5 Å². The monoisotopic (exact) mass is 284 g/mol. The molecule has 19 heavy (non-hydrogen) atoms. The van der Waals surface area contributed by atoms with Crippen molar-refractivity contribution in [3.05, 3.63) is 28.5 Å². The molecule has 1 amide bonds. The molecule has 0 fully saturated rings. The standard InChI is InChI=1S/C14H21ClN2O2/c1-10(2)19-7-5-4-6-16-14(18)12-8-11(3)17-13(15)9-12/h8-10H,4-7H2,1-3H3,(H,16,18). The van der Waals surface area contributed by atoms with E-state index in [1.165, 1.54) is 0 Å². The lowest BCUT2D eigenvalue weighted by molar-refractivity contribution is 0.0754. The van der Waals surface area contributed by atoms with Gasteiger partial charge in [0.25, 0.3) is 5.91 Å². The summed E-state index contributed by atoms with van der Waals surface area (Å²) in [5.41, 5.74) is 1.29. The van der Waals surface area contributed by atoms with Gasteiger partial charge in [-0.1, -0.05) is 11.6 Å². The lowest BCUT2D eigenvalue weighted by Crippen LogP contribution is -2.25. The second kappa shape index (κ2) is 8.12. The van der Waals surface area contributed by atoms with Crippen molar-refractivity contribution in [2.24, 2.45) is 0 Å². The predicted molar refractivity (Wildman–Crippen MR) is 76.6 cm³/mol. The summed E-state index contributed by atoms with van der Waals surface area (Å²) in [5, 5.41) is 3.20. The Kier molecular flexibility index (Phi) is 6.81. The summed E-state index contributed by atoms with van der Waals surface area (Å²) in [6.07, 6.45) is 2.10. The van der Waals surface area contributed by atoms with Crippen LogP contribution in [0.15, 0.2) is 12.1 Å². The molecule has 1 aromatic rings. The van der Waals surface area contributed by atoms with Gasteiger partial charge in [0.1, 0.15) is 5.15 Å². The quantitative estimate of drug-likeness (QED) is 0.619. The number of halogens is 1. The second-order valence-corrected chi connectivity index (χ2v) is 5.09. The number of ether oxygens (including phenoxy) is 1. The molecule has 1 rings (SSSR count). The van der Waals surface area contributed by atoms with Crippen molar-refractivity contribution in [1.82, 2.24) is 10.3 Å². The highest BCUT2D eigenvalue weighted by Crippen LogP contribution is 2.10. The zero-order chi connectivity index (χ0) is 14.3. The van der Waals surface area contributed by atoms with Gasteiger partial charge < -0.3 is 10.1 Å². The summed E-state index contributed by atoms with van der Waals surface area (Å²) >= 11 is 5.82. The van der Waals surface area contributed by atoms with Crippen molar-refractivity contribution in [3.8, 4) is 0 Å². The van der Waals surface area contributed by atoms with Crippen LogP contribution in [0.1, 0.15) is 42.7 Å². The number of nitrogens with one attached hydrogen (secondary N) is 1. The summed E-state index contributed by atoms with van der Waals surface area (Å²) in [6.45, 7) is 7.20. The highest BCUT2D eigenvalue weighted by molar-refractivity contribution is 6.29. The number of hydrogen-bond donors (Lipinski definition) is 1. The highest BCUT2D eigenvalue weighted by atomic mass is 35.5. The molecule has 0 spiro atoms. The molecule has 0 saturated heterocycles. The number of aromatic nitrogens is 1. The van der Waals surface area contributed by atoms with Crippen LogP contribution in [0.4, 0.5) is 0 Å². The maximum absolute atomic E-state index is 11.9. The van der Waals surface area contributed by atoms with Crippen molar-refractivity contribution < 1.29 is 9.53 Å². The molecular formula is C14H21ClN2O2. The molecule has 0 bridgehead atoms. The first kappa shape index (κ1) is 15.9. The molecule has 0 unspecified atom stereocenters. The van der Waals surface area contributed by atoms with Crippen LogP contribution in [0.3, 0.4) is 0 Å². The molecule has 0 aliphatic rings. The van der Waals surface area contributed by atoms with E-state index in [4.69, 9.17) is 16.3 Å². The van der Waals surface area contributed by atoms with Crippen molar-refractivity contribution in [2.75, 3.05) is 13.2 Å². The number of hydrogen-bond acceptors (Lipinski definition) is 3. The summed E-state index contributed by atoms with van der Waals surface area (Å²) < 4.78 is 5.43. The molecule has 0 aromatic carbocycles. The van der Waals surface area contributed by atoms with Gasteiger partial charge in [-0.3, -0.25) is 4.79 Å². The van der Waals surface area contributed by atoms with Gasteiger partial charge in [0.15, 0.2) is 0 Å². The number of amides is 1. The molecule has 0 aliphatic carbocycles. The average molecular weight is 285 g/mol. The molecule has 0 radical (unpaired) electrons. The number of unbranched alkanes of at least 4 members (excludes halogenated alkanes) is 1. The van der Waals surface area contributed by atoms with E-state index in [0.717, 1.165) is 25.1 Å². The van der Waals surface area contributed by atoms with E-state index < -0.39 is 0 Å². The fourth-order valence-electron chi connectivity index (χ4n) is 1.61. The Balaban J connectivity index is 2.27. The first-order chi connectivity index (χ1) is 8.99. The maximum Gasteiger partial charge on any atom is 0.251 e. The van der Waals surface area contributed by atoms with Crippen LogP contribution in [0.5, 0.6) is 0 Å². The van der Waals surface area contributed by atoms with Crippen LogP contribution in [0, 0.1) is 6.92 Å². The Bertz CT molecular complexity index is 402. The maximum atomic E-state index is 11.9. The Morgan fingerprint density at radius 1 is 1.42 bits per heavy atom. The van der Waals surface area contributed by atoms with E-state index in [9.17, 15) is 4.79 Å². The summed E-state index contributed by atoms with van der Waals surface area (Å²) in [5.74, 6) is -0.114. The lowest BCUT2D eigenvalue weighted by atomic mass is 10.2. The molecule has 1 N–H and O–H groups in total. The molecule has 5 heteroatoms. The van der Waals surface area contributed by atoms with Gasteiger partial charge in [0.2, 0.25) is 0 Å². The second-order valence-electron chi connectivity index (χ2n) is 4.70. The minimum Gasteiger partial charge on any atom is -0.379 e. The minimum atomic E-state index is -0.114. The van der Waals surface area contributed by atoms with Gasteiger partial charge >= 0.3 is 0 Å². The van der Waals surface area contributed by atoms with Crippen molar-refractivity contribution in [2.45, 2.75) is 39.7 Å². The number of aryl methyl sites for hydroxylation is 1. The largest absolute Gasteiger partial charge is 0.379 e. The van der Waals surface area contributed by atoms with Crippen LogP contribution in [0.2, 0.25) is 5.15 Å². The van der Waals surface area contributed by atoms with E-state index in [0.29, 0.717) is 17.3 Å². The normalized spacial score (nSPS) is 10.8. The van der Waals surface area contributed by atoms with Gasteiger partial charge in [-0.05, 0) is 45.7 Å². The summed E-state index contributed by atoms with van der Waals surface area (Å²) in [4.78, 5) is 15.9. The Morgan fingerprint density at radius 2 is 2.16 bits per heavy atom. The number of carbonyl (C=O) groups excluding carboxylic acids is 1. The molecule has 0 aliphatic heterocycles. The third kappa shape index (κ3) is 6.55. The number of rotatable bonds is 7. The molecule has 4 nitrogen and oxygen atoms in total. The van der Waals surface area contributed by atoms with Crippen LogP contribution in [-0.4, -0.2) is 30.1 Å². The zero-order valence-electron chi connectivity index (χ0n) is 11.7. The van der Waals surface area contributed by atoms with Crippen LogP contribution in [0.25, 0.3) is 0 Å². The molecular weight excluding hydrogens is 264 g/mol. The van der Waals surface area contributed by atoms with E-state index >= 15 is 0 Å². The van der Waals surface area contributed by atoms with E-state index in [2.05, 4.69) is 10.3 Å². The van der Waals surface area contributed by atoms with Crippen molar-refractivity contribution in [3.63, 3.8) is 0 Å². The fraction of sp³-hybridized carbons (Fsp3) is 0.571. The Morgan fingerprint density at radius 3 is 2.79 bits per heavy atom. The topological polar surface area (TPSA) is 51.2 Å². The fourth-order valence-corrected chi connectivity index (χ4v) is 1.86. The predicted octanol–water partition coefficient (Wildman–Crippen LogP) is 2.98. The Labute approximate surface area is 119 Å². The average Bonchev–Trinajstić information content (AvgIpc) is 2.31. The SMILES string of the molecule is Cc1cc(C(=O)NCCCCOC(C)C)cc(Cl)n1. The lowest BCUT2D eigenvalue weighted by Gasteiger charge is -2.08. The number of carbonyl (C=O) groups is 1. The smallest absolute Gasteiger partial charge is 0.251 e. The first-order valence-electron chi connectivity index (χ1n) is 6.53. The molecule has 1 heterocycles. The van der Waals surface area contributed by atoms with Crippen LogP contribution < -0.4 is 5.32 Å². The third-order valence-corrected chi connectivity index (χ3v) is 2.69. The minimum absolute atomic E-state index is 0.114. The van der Waals surface area contributed by atoms with Gasteiger partial charge in [-0.25, -0.2) is 4.98 Å². The molecule has 106 valence electrons. The van der Waals surface area contributed by atoms with E-state index in [1.807, 2.05) is 20.8 Å². The van der Waals surface area contributed by atoms with Gasteiger partial charge in [-0.15, -0.1) is 0 Å². The number of nitrogens with zero attached hydrogens (tertiary/aromatic N) is 1. The van der Waals surface area contributed by atoms with Crippen molar-refractivity contribution in [1.29, 1.82) is 0 Å². The Hall–Kier alpha value is -1.13. The van der Waals surface area contributed by atoms with Gasteiger partial charge in [0, 0.05) is 24.4 Å². The molecule has 1 aromatic heterocycles. The van der Waals surface area contributed by atoms with Gasteiger partial charge in [-0.2, -0.15) is 0 Å². The molecule has 0 atom stereocenters. The van der Waals surface area contributed by atoms with E-state index in [1.54, 1.807) is 12.1 Å². The first-order valence-corrected chi connectivity index (χ1v) is 6.91. The summed E-state index contributed by atoms with van der Waals surface area (Å²) in [6, 6.07) is 3.30. The summed E-state index contributed by atoms with van der Waals surface area (Å²) in [7, 11) is 0. The van der Waals surface area contributed by atoms with Gasteiger partial charge in [0.05, 0.1) is 6.10 Å².